The predicted molar refractivity (Wildman–Crippen MR) is 63.2 cm³/mol. The van der Waals surface area contributed by atoms with Crippen molar-refractivity contribution in [3.63, 3.8) is 0 Å². The quantitative estimate of drug-likeness (QED) is 0.764. The van der Waals surface area contributed by atoms with Crippen molar-refractivity contribution in [3.05, 3.63) is 34.3 Å². The van der Waals surface area contributed by atoms with Gasteiger partial charge in [0, 0.05) is 5.02 Å². The molecule has 0 saturated carbocycles. The number of halogens is 2. The van der Waals surface area contributed by atoms with Gasteiger partial charge < -0.3 is 0 Å². The number of hydrogen-bond donors (Lipinski definition) is 0. The van der Waals surface area contributed by atoms with E-state index in [-0.39, 0.29) is 10.6 Å². The van der Waals surface area contributed by atoms with Crippen LogP contribution in [0.25, 0.3) is 0 Å². The number of rotatable bonds is 3. The first-order valence-corrected chi connectivity index (χ1v) is 5.79. The number of benzene rings is 1. The van der Waals surface area contributed by atoms with Crippen LogP contribution >= 0.6 is 27.5 Å². The van der Waals surface area contributed by atoms with Crippen LogP contribution in [0.3, 0.4) is 0 Å². The summed E-state index contributed by atoms with van der Waals surface area (Å²) in [4.78, 5) is 11.0. The first kappa shape index (κ1) is 11.7. The van der Waals surface area contributed by atoms with Crippen LogP contribution in [0, 0.1) is 0 Å². The SMILES string of the molecule is CCc1cccc(Cl)c1C(Br)C(C)=O. The minimum atomic E-state index is -0.286. The van der Waals surface area contributed by atoms with E-state index in [1.165, 1.54) is 0 Å². The van der Waals surface area contributed by atoms with Gasteiger partial charge in [0.05, 0.1) is 4.83 Å². The number of alkyl halides is 1. The molecular weight excluding hydrogens is 263 g/mol. The zero-order valence-corrected chi connectivity index (χ0v) is 10.5. The van der Waals surface area contributed by atoms with Gasteiger partial charge in [0.2, 0.25) is 0 Å². The second-order valence-corrected chi connectivity index (χ2v) is 4.46. The van der Waals surface area contributed by atoms with Crippen LogP contribution in [0.5, 0.6) is 0 Å². The van der Waals surface area contributed by atoms with Gasteiger partial charge in [-0.1, -0.05) is 46.6 Å². The largest absolute Gasteiger partial charge is 0.298 e. The Hall–Kier alpha value is -0.340. The highest BCUT2D eigenvalue weighted by Gasteiger charge is 2.18. The lowest BCUT2D eigenvalue weighted by Gasteiger charge is -2.13. The second-order valence-electron chi connectivity index (χ2n) is 3.14. The highest BCUT2D eigenvalue weighted by molar-refractivity contribution is 9.09. The normalized spacial score (nSPS) is 12.6. The molecule has 0 amide bonds. The summed E-state index contributed by atoms with van der Waals surface area (Å²) < 4.78 is 0. The molecule has 14 heavy (non-hydrogen) atoms. The molecule has 0 aliphatic heterocycles. The number of hydrogen-bond acceptors (Lipinski definition) is 1. The molecule has 0 N–H and O–H groups in total. The highest BCUT2D eigenvalue weighted by atomic mass is 79.9. The zero-order valence-electron chi connectivity index (χ0n) is 8.18. The van der Waals surface area contributed by atoms with Gasteiger partial charge in [0.15, 0.2) is 0 Å². The summed E-state index contributed by atoms with van der Waals surface area (Å²) in [7, 11) is 0. The van der Waals surface area contributed by atoms with Crippen molar-refractivity contribution in [2.24, 2.45) is 0 Å². The third-order valence-corrected chi connectivity index (χ3v) is 3.57. The van der Waals surface area contributed by atoms with E-state index in [1.54, 1.807) is 6.92 Å². The van der Waals surface area contributed by atoms with Crippen LogP contribution in [0.2, 0.25) is 5.02 Å². The summed E-state index contributed by atoms with van der Waals surface area (Å²) in [5, 5.41) is 0.654. The third kappa shape index (κ3) is 2.37. The third-order valence-electron chi connectivity index (χ3n) is 2.13. The Morgan fingerprint density at radius 1 is 1.57 bits per heavy atom. The fourth-order valence-electron chi connectivity index (χ4n) is 1.38. The van der Waals surface area contributed by atoms with Crippen LogP contribution in [-0.4, -0.2) is 5.78 Å². The lowest BCUT2D eigenvalue weighted by atomic mass is 10.0. The molecule has 0 fully saturated rings. The van der Waals surface area contributed by atoms with E-state index >= 15 is 0 Å². The molecule has 1 unspecified atom stereocenters. The molecule has 1 nitrogen and oxygen atoms in total. The first-order valence-electron chi connectivity index (χ1n) is 4.49. The Morgan fingerprint density at radius 3 is 2.71 bits per heavy atom. The molecule has 0 saturated heterocycles. The van der Waals surface area contributed by atoms with Gasteiger partial charge in [-0.25, -0.2) is 0 Å². The maximum absolute atomic E-state index is 11.3. The van der Waals surface area contributed by atoms with Crippen molar-refractivity contribution in [2.45, 2.75) is 25.1 Å². The Kier molecular flexibility index (Phi) is 4.14. The maximum atomic E-state index is 11.3. The fourth-order valence-corrected chi connectivity index (χ4v) is 2.35. The molecule has 0 aliphatic carbocycles. The standard InChI is InChI=1S/C11H12BrClO/c1-3-8-5-4-6-9(13)10(8)11(12)7(2)14/h4-6,11H,3H2,1-2H3. The minimum Gasteiger partial charge on any atom is -0.298 e. The van der Waals surface area contributed by atoms with Crippen LogP contribution in [0.1, 0.15) is 29.8 Å². The Labute approximate surface area is 97.6 Å². The summed E-state index contributed by atoms with van der Waals surface area (Å²) in [6, 6.07) is 5.72. The van der Waals surface area contributed by atoms with Crippen molar-refractivity contribution in [3.8, 4) is 0 Å². The fraction of sp³-hybridized carbons (Fsp3) is 0.364. The van der Waals surface area contributed by atoms with Crippen molar-refractivity contribution >= 4 is 33.3 Å². The molecular formula is C11H12BrClO. The molecule has 3 heteroatoms. The van der Waals surface area contributed by atoms with E-state index in [2.05, 4.69) is 22.9 Å². The van der Waals surface area contributed by atoms with E-state index in [4.69, 9.17) is 11.6 Å². The van der Waals surface area contributed by atoms with E-state index in [1.807, 2.05) is 18.2 Å². The summed E-state index contributed by atoms with van der Waals surface area (Å²) in [6.07, 6.45) is 0.880. The molecule has 1 atom stereocenters. The molecule has 1 aromatic carbocycles. The molecule has 1 aromatic rings. The summed E-state index contributed by atoms with van der Waals surface area (Å²) in [6.45, 7) is 3.61. The molecule has 0 spiro atoms. The summed E-state index contributed by atoms with van der Waals surface area (Å²) in [5.74, 6) is 0.0767. The Morgan fingerprint density at radius 2 is 2.21 bits per heavy atom. The number of Topliss-reactive ketones (excluding diaryl/α,β-unsaturated/α-hetero) is 1. The minimum absolute atomic E-state index is 0.0767. The van der Waals surface area contributed by atoms with Gasteiger partial charge in [-0.2, -0.15) is 0 Å². The molecule has 0 radical (unpaired) electrons. The van der Waals surface area contributed by atoms with E-state index < -0.39 is 0 Å². The number of carbonyl (C=O) groups excluding carboxylic acids is 1. The van der Waals surface area contributed by atoms with Crippen LogP contribution in [-0.2, 0) is 11.2 Å². The molecule has 1 rings (SSSR count). The van der Waals surface area contributed by atoms with Gasteiger partial charge >= 0.3 is 0 Å². The lowest BCUT2D eigenvalue weighted by Crippen LogP contribution is -2.05. The average molecular weight is 276 g/mol. The summed E-state index contributed by atoms with van der Waals surface area (Å²) in [5.41, 5.74) is 2.03. The van der Waals surface area contributed by atoms with Gasteiger partial charge in [0.1, 0.15) is 5.78 Å². The second kappa shape index (κ2) is 4.94. The number of carbonyl (C=O) groups is 1. The summed E-state index contributed by atoms with van der Waals surface area (Å²) >= 11 is 9.42. The van der Waals surface area contributed by atoms with E-state index in [0.29, 0.717) is 5.02 Å². The number of ketones is 1. The van der Waals surface area contributed by atoms with Crippen LogP contribution in [0.15, 0.2) is 18.2 Å². The molecule has 0 bridgehead atoms. The highest BCUT2D eigenvalue weighted by Crippen LogP contribution is 2.33. The van der Waals surface area contributed by atoms with Crippen molar-refractivity contribution in [1.29, 1.82) is 0 Å². The van der Waals surface area contributed by atoms with Gasteiger partial charge in [0.25, 0.3) is 0 Å². The van der Waals surface area contributed by atoms with Crippen molar-refractivity contribution in [1.82, 2.24) is 0 Å². The molecule has 0 aromatic heterocycles. The molecule has 0 heterocycles. The molecule has 0 aliphatic rings. The van der Waals surface area contributed by atoms with Crippen molar-refractivity contribution < 1.29 is 4.79 Å². The Bertz CT molecular complexity index is 349. The Balaban J connectivity index is 3.23. The topological polar surface area (TPSA) is 17.1 Å². The maximum Gasteiger partial charge on any atom is 0.147 e. The monoisotopic (exact) mass is 274 g/mol. The molecule has 76 valence electrons. The van der Waals surface area contributed by atoms with E-state index in [0.717, 1.165) is 17.5 Å². The average Bonchev–Trinajstić information content (AvgIpc) is 2.16. The zero-order chi connectivity index (χ0) is 10.7. The van der Waals surface area contributed by atoms with Crippen molar-refractivity contribution in [2.75, 3.05) is 0 Å². The van der Waals surface area contributed by atoms with Gasteiger partial charge in [-0.15, -0.1) is 0 Å². The smallest absolute Gasteiger partial charge is 0.147 e. The number of aryl methyl sites for hydroxylation is 1. The van der Waals surface area contributed by atoms with Gasteiger partial charge in [-0.3, -0.25) is 4.79 Å². The lowest BCUT2D eigenvalue weighted by molar-refractivity contribution is -0.116. The van der Waals surface area contributed by atoms with E-state index in [9.17, 15) is 4.79 Å². The van der Waals surface area contributed by atoms with Crippen LogP contribution in [0.4, 0.5) is 0 Å². The van der Waals surface area contributed by atoms with Crippen LogP contribution < -0.4 is 0 Å². The first-order chi connectivity index (χ1) is 6.57. The predicted octanol–water partition coefficient (Wildman–Crippen LogP) is 3.93. The van der Waals surface area contributed by atoms with Gasteiger partial charge in [-0.05, 0) is 30.5 Å².